The smallest absolute Gasteiger partial charge is 0.164 e. The molecular weight excluding hydrogens is 222 g/mol. The summed E-state index contributed by atoms with van der Waals surface area (Å²) < 4.78 is 1.72. The Hall–Kier alpha value is -1.87. The van der Waals surface area contributed by atoms with Crippen molar-refractivity contribution in [1.29, 1.82) is 0 Å². The molecule has 0 saturated heterocycles. The van der Waals surface area contributed by atoms with Gasteiger partial charge in [-0.2, -0.15) is 5.10 Å². The van der Waals surface area contributed by atoms with Crippen molar-refractivity contribution in [2.24, 2.45) is 0 Å². The van der Waals surface area contributed by atoms with E-state index in [1.165, 1.54) is 0 Å². The monoisotopic (exact) mass is 229 g/mol. The second-order valence-electron chi connectivity index (χ2n) is 3.44. The molecule has 0 radical (unpaired) electrons. The van der Waals surface area contributed by atoms with Crippen LogP contribution in [-0.4, -0.2) is 14.6 Å². The lowest BCUT2D eigenvalue weighted by Gasteiger charge is -1.98. The van der Waals surface area contributed by atoms with Crippen LogP contribution >= 0.6 is 11.6 Å². The summed E-state index contributed by atoms with van der Waals surface area (Å²) in [6.45, 7) is 0. The molecule has 0 amide bonds. The van der Waals surface area contributed by atoms with Gasteiger partial charge >= 0.3 is 0 Å². The SMILES string of the molecule is Clc1ccn2ncc(-c3ccccc3)c2n1. The van der Waals surface area contributed by atoms with Crippen molar-refractivity contribution in [2.45, 2.75) is 0 Å². The Morgan fingerprint density at radius 2 is 1.88 bits per heavy atom. The predicted octanol–water partition coefficient (Wildman–Crippen LogP) is 3.05. The Morgan fingerprint density at radius 3 is 2.69 bits per heavy atom. The van der Waals surface area contributed by atoms with Gasteiger partial charge in [0.15, 0.2) is 5.65 Å². The van der Waals surface area contributed by atoms with E-state index in [0.29, 0.717) is 5.15 Å². The van der Waals surface area contributed by atoms with Crippen LogP contribution in [0.3, 0.4) is 0 Å². The Kier molecular flexibility index (Phi) is 2.11. The molecule has 3 aromatic rings. The lowest BCUT2D eigenvalue weighted by molar-refractivity contribution is 0.939. The van der Waals surface area contributed by atoms with Crippen molar-refractivity contribution in [3.8, 4) is 11.1 Å². The fourth-order valence-corrected chi connectivity index (χ4v) is 1.80. The van der Waals surface area contributed by atoms with Crippen molar-refractivity contribution in [3.05, 3.63) is 53.9 Å². The number of hydrogen-bond donors (Lipinski definition) is 0. The molecule has 16 heavy (non-hydrogen) atoms. The van der Waals surface area contributed by atoms with E-state index in [9.17, 15) is 0 Å². The molecule has 0 saturated carbocycles. The molecule has 2 aromatic heterocycles. The topological polar surface area (TPSA) is 30.2 Å². The molecular formula is C12H8ClN3. The van der Waals surface area contributed by atoms with Crippen LogP contribution in [0.15, 0.2) is 48.8 Å². The first-order valence-corrected chi connectivity index (χ1v) is 5.28. The quantitative estimate of drug-likeness (QED) is 0.601. The molecule has 0 bridgehead atoms. The molecule has 1 aromatic carbocycles. The molecule has 0 spiro atoms. The Morgan fingerprint density at radius 1 is 1.06 bits per heavy atom. The number of nitrogens with zero attached hydrogens (tertiary/aromatic N) is 3. The van der Waals surface area contributed by atoms with Gasteiger partial charge in [0.1, 0.15) is 5.15 Å². The van der Waals surface area contributed by atoms with Gasteiger partial charge in [0, 0.05) is 11.8 Å². The van der Waals surface area contributed by atoms with Crippen LogP contribution in [-0.2, 0) is 0 Å². The van der Waals surface area contributed by atoms with E-state index in [1.54, 1.807) is 23.0 Å². The van der Waals surface area contributed by atoms with Gasteiger partial charge < -0.3 is 0 Å². The van der Waals surface area contributed by atoms with Crippen LogP contribution in [0.25, 0.3) is 16.8 Å². The van der Waals surface area contributed by atoms with E-state index in [0.717, 1.165) is 16.8 Å². The summed E-state index contributed by atoms with van der Waals surface area (Å²) >= 11 is 5.88. The lowest BCUT2D eigenvalue weighted by atomic mass is 10.1. The van der Waals surface area contributed by atoms with Crippen molar-refractivity contribution < 1.29 is 0 Å². The molecule has 0 aliphatic heterocycles. The Bertz CT molecular complexity index is 631. The van der Waals surface area contributed by atoms with Gasteiger partial charge in [-0.15, -0.1) is 0 Å². The summed E-state index contributed by atoms with van der Waals surface area (Å²) in [5.74, 6) is 0. The largest absolute Gasteiger partial charge is 0.222 e. The zero-order chi connectivity index (χ0) is 11.0. The highest BCUT2D eigenvalue weighted by Crippen LogP contribution is 2.23. The van der Waals surface area contributed by atoms with Gasteiger partial charge in [-0.25, -0.2) is 9.50 Å². The maximum atomic E-state index is 5.88. The molecule has 4 heteroatoms. The number of aromatic nitrogens is 3. The minimum absolute atomic E-state index is 0.477. The van der Waals surface area contributed by atoms with Gasteiger partial charge in [0.2, 0.25) is 0 Å². The van der Waals surface area contributed by atoms with Gasteiger partial charge in [0.25, 0.3) is 0 Å². The summed E-state index contributed by atoms with van der Waals surface area (Å²) in [6.07, 6.45) is 3.60. The molecule has 0 atom stereocenters. The average molecular weight is 230 g/mol. The average Bonchev–Trinajstić information content (AvgIpc) is 2.73. The Labute approximate surface area is 97.3 Å². The molecule has 0 unspecified atom stereocenters. The standard InChI is InChI=1S/C12H8ClN3/c13-11-6-7-16-12(15-11)10(8-14-16)9-4-2-1-3-5-9/h1-8H. The van der Waals surface area contributed by atoms with E-state index in [1.807, 2.05) is 30.3 Å². The number of fused-ring (bicyclic) bond motifs is 1. The van der Waals surface area contributed by atoms with E-state index < -0.39 is 0 Å². The predicted molar refractivity (Wildman–Crippen MR) is 63.4 cm³/mol. The maximum Gasteiger partial charge on any atom is 0.164 e. The van der Waals surface area contributed by atoms with Crippen LogP contribution in [0, 0.1) is 0 Å². The van der Waals surface area contributed by atoms with Crippen molar-refractivity contribution in [3.63, 3.8) is 0 Å². The number of rotatable bonds is 1. The third-order valence-corrected chi connectivity index (χ3v) is 2.63. The summed E-state index contributed by atoms with van der Waals surface area (Å²) in [5, 5.41) is 4.71. The second-order valence-corrected chi connectivity index (χ2v) is 3.83. The fourth-order valence-electron chi connectivity index (χ4n) is 1.67. The highest BCUT2D eigenvalue weighted by Gasteiger charge is 2.07. The molecule has 0 aliphatic carbocycles. The van der Waals surface area contributed by atoms with Crippen molar-refractivity contribution in [1.82, 2.24) is 14.6 Å². The molecule has 0 N–H and O–H groups in total. The zero-order valence-electron chi connectivity index (χ0n) is 8.34. The highest BCUT2D eigenvalue weighted by molar-refractivity contribution is 6.29. The lowest BCUT2D eigenvalue weighted by Crippen LogP contribution is -1.89. The van der Waals surface area contributed by atoms with Gasteiger partial charge in [-0.1, -0.05) is 41.9 Å². The summed E-state index contributed by atoms with van der Waals surface area (Å²) in [5.41, 5.74) is 2.86. The molecule has 3 rings (SSSR count). The summed E-state index contributed by atoms with van der Waals surface area (Å²) in [6, 6.07) is 11.7. The van der Waals surface area contributed by atoms with Crippen LogP contribution in [0.4, 0.5) is 0 Å². The molecule has 3 nitrogen and oxygen atoms in total. The number of benzene rings is 1. The third-order valence-electron chi connectivity index (χ3n) is 2.42. The molecule has 0 fully saturated rings. The van der Waals surface area contributed by atoms with Gasteiger partial charge in [0.05, 0.1) is 6.20 Å². The first kappa shape index (κ1) is 9.36. The van der Waals surface area contributed by atoms with Crippen molar-refractivity contribution in [2.75, 3.05) is 0 Å². The number of halogens is 1. The van der Waals surface area contributed by atoms with Gasteiger partial charge in [-0.05, 0) is 11.6 Å². The van der Waals surface area contributed by atoms with Crippen molar-refractivity contribution >= 4 is 17.2 Å². The van der Waals surface area contributed by atoms with E-state index in [-0.39, 0.29) is 0 Å². The maximum absolute atomic E-state index is 5.88. The minimum atomic E-state index is 0.477. The molecule has 2 heterocycles. The zero-order valence-corrected chi connectivity index (χ0v) is 9.09. The van der Waals surface area contributed by atoms with Crippen LogP contribution in [0.1, 0.15) is 0 Å². The van der Waals surface area contributed by atoms with Crippen LogP contribution in [0.2, 0.25) is 5.15 Å². The van der Waals surface area contributed by atoms with Crippen LogP contribution in [0.5, 0.6) is 0 Å². The highest BCUT2D eigenvalue weighted by atomic mass is 35.5. The summed E-state index contributed by atoms with van der Waals surface area (Å²) in [4.78, 5) is 4.28. The molecule has 0 aliphatic rings. The van der Waals surface area contributed by atoms with E-state index in [2.05, 4.69) is 10.1 Å². The van der Waals surface area contributed by atoms with E-state index in [4.69, 9.17) is 11.6 Å². The third kappa shape index (κ3) is 1.46. The van der Waals surface area contributed by atoms with Crippen LogP contribution < -0.4 is 0 Å². The first-order chi connectivity index (χ1) is 7.84. The second kappa shape index (κ2) is 3.61. The summed E-state index contributed by atoms with van der Waals surface area (Å²) in [7, 11) is 0. The van der Waals surface area contributed by atoms with E-state index >= 15 is 0 Å². The fraction of sp³-hybridized carbons (Fsp3) is 0. The normalized spacial score (nSPS) is 10.8. The minimum Gasteiger partial charge on any atom is -0.222 e. The Balaban J connectivity index is 2.29. The number of hydrogen-bond acceptors (Lipinski definition) is 2. The van der Waals surface area contributed by atoms with Gasteiger partial charge in [-0.3, -0.25) is 0 Å². The first-order valence-electron chi connectivity index (χ1n) is 4.90. The molecule has 78 valence electrons.